The second-order valence-electron chi connectivity index (χ2n) is 4.73. The number of ether oxygens (including phenoxy) is 1. The number of benzene rings is 1. The molecule has 1 N–H and O–H groups in total. The number of carboxylic acids is 1. The molecule has 0 atom stereocenters. The minimum Gasteiger partial charge on any atom is -0.478 e. The standard InChI is InChI=1S/C16H14N2O3/c1-9-5-4-6-12(16(19)20)14(9)21-15-13(8-17)10(2)7-11(3)18-15/h4-7H,1-3H3,(H,19,20). The lowest BCUT2D eigenvalue weighted by Crippen LogP contribution is -2.04. The molecule has 1 heterocycles. The average Bonchev–Trinajstić information content (AvgIpc) is 2.40. The number of aromatic carboxylic acids is 1. The predicted molar refractivity (Wildman–Crippen MR) is 76.6 cm³/mol. The van der Waals surface area contributed by atoms with Gasteiger partial charge >= 0.3 is 5.97 Å². The third kappa shape index (κ3) is 2.84. The van der Waals surface area contributed by atoms with Gasteiger partial charge in [0.05, 0.1) is 0 Å². The van der Waals surface area contributed by atoms with Gasteiger partial charge in [0.1, 0.15) is 22.9 Å². The van der Waals surface area contributed by atoms with Crippen molar-refractivity contribution in [3.63, 3.8) is 0 Å². The number of rotatable bonds is 3. The van der Waals surface area contributed by atoms with Gasteiger partial charge in [0, 0.05) is 5.69 Å². The summed E-state index contributed by atoms with van der Waals surface area (Å²) in [7, 11) is 0. The van der Waals surface area contributed by atoms with Gasteiger partial charge in [-0.3, -0.25) is 0 Å². The molecule has 0 aliphatic carbocycles. The summed E-state index contributed by atoms with van der Waals surface area (Å²) in [6, 6.07) is 8.67. The second kappa shape index (κ2) is 5.63. The number of pyridine rings is 1. The molecule has 0 aliphatic heterocycles. The van der Waals surface area contributed by atoms with Gasteiger partial charge in [0.15, 0.2) is 0 Å². The number of carbonyl (C=O) groups is 1. The fourth-order valence-electron chi connectivity index (χ4n) is 2.07. The molecule has 1 aromatic carbocycles. The zero-order valence-electron chi connectivity index (χ0n) is 12.0. The van der Waals surface area contributed by atoms with Crippen LogP contribution in [0.1, 0.15) is 32.7 Å². The molecule has 21 heavy (non-hydrogen) atoms. The summed E-state index contributed by atoms with van der Waals surface area (Å²) >= 11 is 0. The summed E-state index contributed by atoms with van der Waals surface area (Å²) in [5, 5.41) is 18.5. The molecule has 2 aromatic rings. The van der Waals surface area contributed by atoms with Gasteiger partial charge in [-0.15, -0.1) is 0 Å². The molecule has 5 heteroatoms. The van der Waals surface area contributed by atoms with Gasteiger partial charge in [-0.2, -0.15) is 5.26 Å². The zero-order chi connectivity index (χ0) is 15.6. The Hall–Kier alpha value is -2.87. The van der Waals surface area contributed by atoms with Gasteiger partial charge in [-0.1, -0.05) is 12.1 Å². The Labute approximate surface area is 122 Å². The molecule has 0 unspecified atom stereocenters. The highest BCUT2D eigenvalue weighted by Gasteiger charge is 2.17. The van der Waals surface area contributed by atoms with Crippen LogP contribution in [0.5, 0.6) is 11.6 Å². The first-order valence-corrected chi connectivity index (χ1v) is 6.33. The first-order valence-electron chi connectivity index (χ1n) is 6.33. The van der Waals surface area contributed by atoms with Crippen LogP contribution in [0.25, 0.3) is 0 Å². The maximum atomic E-state index is 11.3. The minimum atomic E-state index is -1.09. The molecule has 0 saturated heterocycles. The molecule has 0 radical (unpaired) electrons. The van der Waals surface area contributed by atoms with E-state index < -0.39 is 5.97 Å². The third-order valence-electron chi connectivity index (χ3n) is 3.06. The highest BCUT2D eigenvalue weighted by molar-refractivity contribution is 5.91. The van der Waals surface area contributed by atoms with Crippen LogP contribution in [0.15, 0.2) is 24.3 Å². The molecule has 1 aromatic heterocycles. The van der Waals surface area contributed by atoms with Crippen LogP contribution >= 0.6 is 0 Å². The molecule has 5 nitrogen and oxygen atoms in total. The van der Waals surface area contributed by atoms with Crippen molar-refractivity contribution in [1.29, 1.82) is 5.26 Å². The normalized spacial score (nSPS) is 10.0. The van der Waals surface area contributed by atoms with Crippen LogP contribution in [-0.4, -0.2) is 16.1 Å². The molecule has 0 bridgehead atoms. The van der Waals surface area contributed by atoms with Crippen molar-refractivity contribution in [3.05, 3.63) is 52.2 Å². The fourth-order valence-corrected chi connectivity index (χ4v) is 2.07. The van der Waals surface area contributed by atoms with E-state index >= 15 is 0 Å². The molecule has 0 spiro atoms. The van der Waals surface area contributed by atoms with E-state index in [4.69, 9.17) is 4.74 Å². The van der Waals surface area contributed by atoms with Crippen LogP contribution < -0.4 is 4.74 Å². The van der Waals surface area contributed by atoms with E-state index in [-0.39, 0.29) is 17.2 Å². The van der Waals surface area contributed by atoms with E-state index in [1.807, 2.05) is 6.07 Å². The average molecular weight is 282 g/mol. The van der Waals surface area contributed by atoms with E-state index in [0.29, 0.717) is 16.8 Å². The maximum Gasteiger partial charge on any atom is 0.339 e. The summed E-state index contributed by atoms with van der Waals surface area (Å²) in [6.45, 7) is 5.32. The van der Waals surface area contributed by atoms with Crippen LogP contribution in [0, 0.1) is 32.1 Å². The fraction of sp³-hybridized carbons (Fsp3) is 0.188. The number of hydrogen-bond acceptors (Lipinski definition) is 4. The van der Waals surface area contributed by atoms with Gasteiger partial charge in [0.25, 0.3) is 0 Å². The summed E-state index contributed by atoms with van der Waals surface area (Å²) in [6.07, 6.45) is 0. The van der Waals surface area contributed by atoms with Crippen LogP contribution in [0.2, 0.25) is 0 Å². The largest absolute Gasteiger partial charge is 0.478 e. The van der Waals surface area contributed by atoms with Crippen molar-refractivity contribution in [2.75, 3.05) is 0 Å². The summed E-state index contributed by atoms with van der Waals surface area (Å²) in [5.74, 6) is -0.748. The van der Waals surface area contributed by atoms with Crippen molar-refractivity contribution in [1.82, 2.24) is 4.98 Å². The molecular weight excluding hydrogens is 268 g/mol. The van der Waals surface area contributed by atoms with Crippen LogP contribution in [-0.2, 0) is 0 Å². The van der Waals surface area contributed by atoms with E-state index in [9.17, 15) is 15.2 Å². The first-order chi connectivity index (χ1) is 9.93. The van der Waals surface area contributed by atoms with Crippen molar-refractivity contribution in [2.45, 2.75) is 20.8 Å². The second-order valence-corrected chi connectivity index (χ2v) is 4.73. The van der Waals surface area contributed by atoms with Crippen molar-refractivity contribution in [3.8, 4) is 17.7 Å². The highest BCUT2D eigenvalue weighted by atomic mass is 16.5. The number of hydrogen-bond donors (Lipinski definition) is 1. The van der Waals surface area contributed by atoms with Gasteiger partial charge in [0.2, 0.25) is 5.88 Å². The lowest BCUT2D eigenvalue weighted by atomic mass is 10.1. The van der Waals surface area contributed by atoms with E-state index in [0.717, 1.165) is 5.56 Å². The van der Waals surface area contributed by atoms with E-state index in [1.54, 1.807) is 39.0 Å². The molecule has 0 saturated carbocycles. The van der Waals surface area contributed by atoms with E-state index in [2.05, 4.69) is 4.98 Å². The van der Waals surface area contributed by atoms with Crippen LogP contribution in [0.4, 0.5) is 0 Å². The Morgan fingerprint density at radius 2 is 2.00 bits per heavy atom. The molecule has 0 aliphatic rings. The molecular formula is C16H14N2O3. The maximum absolute atomic E-state index is 11.3. The number of aromatic nitrogens is 1. The number of aryl methyl sites for hydroxylation is 3. The Morgan fingerprint density at radius 3 is 2.62 bits per heavy atom. The molecule has 0 fully saturated rings. The van der Waals surface area contributed by atoms with Crippen molar-refractivity contribution < 1.29 is 14.6 Å². The van der Waals surface area contributed by atoms with Gasteiger partial charge < -0.3 is 9.84 Å². The van der Waals surface area contributed by atoms with Crippen molar-refractivity contribution in [2.24, 2.45) is 0 Å². The summed E-state index contributed by atoms with van der Waals surface area (Å²) < 4.78 is 5.67. The first kappa shape index (κ1) is 14.5. The molecule has 2 rings (SSSR count). The van der Waals surface area contributed by atoms with Gasteiger partial charge in [-0.25, -0.2) is 9.78 Å². The smallest absolute Gasteiger partial charge is 0.339 e. The van der Waals surface area contributed by atoms with Gasteiger partial charge in [-0.05, 0) is 44.0 Å². The highest BCUT2D eigenvalue weighted by Crippen LogP contribution is 2.31. The quantitative estimate of drug-likeness (QED) is 0.933. The monoisotopic (exact) mass is 282 g/mol. The molecule has 106 valence electrons. The lowest BCUT2D eigenvalue weighted by molar-refractivity contribution is 0.0694. The third-order valence-corrected chi connectivity index (χ3v) is 3.06. The Morgan fingerprint density at radius 1 is 1.29 bits per heavy atom. The summed E-state index contributed by atoms with van der Waals surface area (Å²) in [4.78, 5) is 15.5. The SMILES string of the molecule is Cc1cc(C)c(C#N)c(Oc2c(C)cccc2C(=O)O)n1. The number of para-hydroxylation sites is 1. The predicted octanol–water partition coefficient (Wildman–Crippen LogP) is 3.37. The van der Waals surface area contributed by atoms with Crippen LogP contribution in [0.3, 0.4) is 0 Å². The number of nitrogens with zero attached hydrogens (tertiary/aromatic N) is 2. The zero-order valence-corrected chi connectivity index (χ0v) is 12.0. The number of nitriles is 1. The Kier molecular flexibility index (Phi) is 3.90. The lowest BCUT2D eigenvalue weighted by Gasteiger charge is -2.13. The topological polar surface area (TPSA) is 83.2 Å². The number of carboxylic acid groups (broad SMARTS) is 1. The Balaban J connectivity index is 2.59. The minimum absolute atomic E-state index is 0.0415. The Bertz CT molecular complexity index is 761. The molecule has 0 amide bonds. The van der Waals surface area contributed by atoms with E-state index in [1.165, 1.54) is 6.07 Å². The van der Waals surface area contributed by atoms with Crippen molar-refractivity contribution >= 4 is 5.97 Å². The summed E-state index contributed by atoms with van der Waals surface area (Å²) in [5.41, 5.74) is 2.46.